The zero-order valence-corrected chi connectivity index (χ0v) is 14.6. The summed E-state index contributed by atoms with van der Waals surface area (Å²) in [5.74, 6) is -0.0929. The molecular weight excluding hydrogens is 334 g/mol. The van der Waals surface area contributed by atoms with Gasteiger partial charge in [-0.1, -0.05) is 35.9 Å². The zero-order chi connectivity index (χ0) is 17.4. The van der Waals surface area contributed by atoms with Gasteiger partial charge in [0.1, 0.15) is 5.69 Å². The van der Waals surface area contributed by atoms with E-state index in [1.54, 1.807) is 0 Å². The molecule has 0 fully saturated rings. The first-order valence-corrected chi connectivity index (χ1v) is 8.62. The highest BCUT2D eigenvalue weighted by Gasteiger charge is 2.14. The smallest absolute Gasteiger partial charge is 0.268 e. The number of carbonyl (C=O) groups is 1. The fraction of sp³-hybridized carbons (Fsp3) is 0.150. The number of hydrogen-bond donors (Lipinski definition) is 3. The molecular formula is C20H18ClN3O. The SMILES string of the molecule is Cc1c(C(=O)NCCc2c[nH]c3ccccc23)[nH]c2cc(Cl)ccc12. The molecule has 4 aromatic rings. The lowest BCUT2D eigenvalue weighted by Crippen LogP contribution is -2.26. The Kier molecular flexibility index (Phi) is 3.98. The van der Waals surface area contributed by atoms with Crippen LogP contribution < -0.4 is 5.32 Å². The number of halogens is 1. The third kappa shape index (κ3) is 2.89. The first-order chi connectivity index (χ1) is 12.1. The number of carbonyl (C=O) groups excluding carboxylic acids is 1. The van der Waals surface area contributed by atoms with E-state index in [2.05, 4.69) is 27.4 Å². The molecule has 0 bridgehead atoms. The van der Waals surface area contributed by atoms with Gasteiger partial charge in [-0.3, -0.25) is 4.79 Å². The topological polar surface area (TPSA) is 60.7 Å². The molecule has 0 aliphatic carbocycles. The van der Waals surface area contributed by atoms with Crippen molar-refractivity contribution in [3.63, 3.8) is 0 Å². The molecule has 0 aliphatic rings. The van der Waals surface area contributed by atoms with Crippen LogP contribution in [-0.2, 0) is 6.42 Å². The summed E-state index contributed by atoms with van der Waals surface area (Å²) < 4.78 is 0. The normalized spacial score (nSPS) is 11.3. The van der Waals surface area contributed by atoms with Crippen LogP contribution in [0, 0.1) is 6.92 Å². The monoisotopic (exact) mass is 351 g/mol. The standard InChI is InChI=1S/C20H18ClN3O/c1-12-15-7-6-14(21)10-18(15)24-19(12)20(25)22-9-8-13-11-23-17-5-3-2-4-16(13)17/h2-7,10-11,23-24H,8-9H2,1H3,(H,22,25). The number of aromatic nitrogens is 2. The van der Waals surface area contributed by atoms with Gasteiger partial charge in [-0.2, -0.15) is 0 Å². The summed E-state index contributed by atoms with van der Waals surface area (Å²) in [6, 6.07) is 13.8. The number of amides is 1. The number of para-hydroxylation sites is 1. The van der Waals surface area contributed by atoms with Gasteiger partial charge < -0.3 is 15.3 Å². The van der Waals surface area contributed by atoms with Gasteiger partial charge >= 0.3 is 0 Å². The van der Waals surface area contributed by atoms with Gasteiger partial charge in [-0.25, -0.2) is 0 Å². The lowest BCUT2D eigenvalue weighted by molar-refractivity contribution is 0.0949. The number of aromatic amines is 2. The van der Waals surface area contributed by atoms with E-state index in [0.717, 1.165) is 28.4 Å². The van der Waals surface area contributed by atoms with E-state index < -0.39 is 0 Å². The summed E-state index contributed by atoms with van der Waals surface area (Å²) in [4.78, 5) is 19.0. The Morgan fingerprint density at radius 1 is 1.12 bits per heavy atom. The molecule has 4 rings (SSSR count). The van der Waals surface area contributed by atoms with Crippen molar-refractivity contribution in [1.29, 1.82) is 0 Å². The summed E-state index contributed by atoms with van der Waals surface area (Å²) in [6.07, 6.45) is 2.79. The Balaban J connectivity index is 1.48. The maximum Gasteiger partial charge on any atom is 0.268 e. The quantitative estimate of drug-likeness (QED) is 0.495. The van der Waals surface area contributed by atoms with Crippen LogP contribution in [0.1, 0.15) is 21.6 Å². The maximum atomic E-state index is 12.5. The Bertz CT molecular complexity index is 1080. The largest absolute Gasteiger partial charge is 0.361 e. The summed E-state index contributed by atoms with van der Waals surface area (Å²) in [5, 5.41) is 5.88. The first kappa shape index (κ1) is 15.8. The molecule has 4 nitrogen and oxygen atoms in total. The van der Waals surface area contributed by atoms with E-state index in [-0.39, 0.29) is 5.91 Å². The van der Waals surface area contributed by atoms with E-state index in [1.165, 1.54) is 10.9 Å². The molecule has 3 N–H and O–H groups in total. The third-order valence-corrected chi connectivity index (χ3v) is 4.84. The average Bonchev–Trinajstić information content (AvgIpc) is 3.16. The van der Waals surface area contributed by atoms with Crippen LogP contribution in [0.5, 0.6) is 0 Å². The summed E-state index contributed by atoms with van der Waals surface area (Å²) in [7, 11) is 0. The average molecular weight is 352 g/mol. The van der Waals surface area contributed by atoms with Gasteiger partial charge in [-0.05, 0) is 42.7 Å². The van der Waals surface area contributed by atoms with Crippen LogP contribution in [0.2, 0.25) is 5.02 Å². The van der Waals surface area contributed by atoms with Gasteiger partial charge in [0.2, 0.25) is 0 Å². The van der Waals surface area contributed by atoms with Crippen LogP contribution in [0.3, 0.4) is 0 Å². The predicted molar refractivity (Wildman–Crippen MR) is 102 cm³/mol. The molecule has 0 spiro atoms. The van der Waals surface area contributed by atoms with Crippen molar-refractivity contribution in [3.05, 3.63) is 70.5 Å². The van der Waals surface area contributed by atoms with Crippen molar-refractivity contribution in [3.8, 4) is 0 Å². The van der Waals surface area contributed by atoms with E-state index in [9.17, 15) is 4.79 Å². The molecule has 2 aromatic carbocycles. The number of H-pyrrole nitrogens is 2. The van der Waals surface area contributed by atoms with E-state index in [1.807, 2.05) is 43.5 Å². The van der Waals surface area contributed by atoms with E-state index in [4.69, 9.17) is 11.6 Å². The summed E-state index contributed by atoms with van der Waals surface area (Å²) in [5.41, 5.74) is 4.74. The second-order valence-corrected chi connectivity index (χ2v) is 6.62. The summed E-state index contributed by atoms with van der Waals surface area (Å²) >= 11 is 6.02. The van der Waals surface area contributed by atoms with Crippen LogP contribution in [0.15, 0.2) is 48.7 Å². The molecule has 0 radical (unpaired) electrons. The van der Waals surface area contributed by atoms with Crippen LogP contribution in [-0.4, -0.2) is 22.4 Å². The highest BCUT2D eigenvalue weighted by molar-refractivity contribution is 6.31. The lowest BCUT2D eigenvalue weighted by Gasteiger charge is -2.04. The Labute approximate surface area is 150 Å². The fourth-order valence-corrected chi connectivity index (χ4v) is 3.45. The molecule has 1 amide bonds. The van der Waals surface area contributed by atoms with Crippen molar-refractivity contribution in [2.24, 2.45) is 0 Å². The molecule has 0 unspecified atom stereocenters. The van der Waals surface area contributed by atoms with Crippen LogP contribution in [0.25, 0.3) is 21.8 Å². The first-order valence-electron chi connectivity index (χ1n) is 8.24. The number of hydrogen-bond acceptors (Lipinski definition) is 1. The minimum Gasteiger partial charge on any atom is -0.361 e. The number of nitrogens with one attached hydrogen (secondary N) is 3. The van der Waals surface area contributed by atoms with Gasteiger partial charge in [0.15, 0.2) is 0 Å². The van der Waals surface area contributed by atoms with Crippen molar-refractivity contribution >= 4 is 39.3 Å². The Morgan fingerprint density at radius 2 is 1.96 bits per heavy atom. The molecule has 0 aliphatic heterocycles. The van der Waals surface area contributed by atoms with E-state index in [0.29, 0.717) is 17.3 Å². The van der Waals surface area contributed by atoms with Crippen molar-refractivity contribution < 1.29 is 4.79 Å². The molecule has 126 valence electrons. The van der Waals surface area contributed by atoms with Crippen molar-refractivity contribution in [2.75, 3.05) is 6.54 Å². The minimum absolute atomic E-state index is 0.0929. The number of benzene rings is 2. The highest BCUT2D eigenvalue weighted by atomic mass is 35.5. The molecule has 2 heterocycles. The fourth-order valence-electron chi connectivity index (χ4n) is 3.27. The lowest BCUT2D eigenvalue weighted by atomic mass is 10.1. The summed E-state index contributed by atoms with van der Waals surface area (Å²) in [6.45, 7) is 2.53. The van der Waals surface area contributed by atoms with Crippen molar-refractivity contribution in [2.45, 2.75) is 13.3 Å². The second kappa shape index (κ2) is 6.30. The molecule has 0 saturated carbocycles. The number of rotatable bonds is 4. The zero-order valence-electron chi connectivity index (χ0n) is 13.8. The molecule has 5 heteroatoms. The number of aryl methyl sites for hydroxylation is 1. The maximum absolute atomic E-state index is 12.5. The molecule has 2 aromatic heterocycles. The highest BCUT2D eigenvalue weighted by Crippen LogP contribution is 2.24. The Morgan fingerprint density at radius 3 is 2.84 bits per heavy atom. The van der Waals surface area contributed by atoms with Gasteiger partial charge in [0.25, 0.3) is 5.91 Å². The van der Waals surface area contributed by atoms with Crippen molar-refractivity contribution in [1.82, 2.24) is 15.3 Å². The molecule has 25 heavy (non-hydrogen) atoms. The second-order valence-electron chi connectivity index (χ2n) is 6.18. The van der Waals surface area contributed by atoms with Crippen LogP contribution in [0.4, 0.5) is 0 Å². The predicted octanol–water partition coefficient (Wildman–Crippen LogP) is 4.58. The van der Waals surface area contributed by atoms with Crippen LogP contribution >= 0.6 is 11.6 Å². The van der Waals surface area contributed by atoms with Gasteiger partial charge in [-0.15, -0.1) is 0 Å². The third-order valence-electron chi connectivity index (χ3n) is 4.60. The number of fused-ring (bicyclic) bond motifs is 2. The van der Waals surface area contributed by atoms with E-state index >= 15 is 0 Å². The molecule has 0 saturated heterocycles. The molecule has 0 atom stereocenters. The minimum atomic E-state index is -0.0929. The van der Waals surface area contributed by atoms with Gasteiger partial charge in [0.05, 0.1) is 0 Å². The Hall–Kier alpha value is -2.72. The van der Waals surface area contributed by atoms with Gasteiger partial charge in [0, 0.05) is 39.6 Å².